The first-order valence-corrected chi connectivity index (χ1v) is 7.41. The fourth-order valence-electron chi connectivity index (χ4n) is 1.41. The zero-order valence-corrected chi connectivity index (χ0v) is 12.8. The van der Waals surface area contributed by atoms with E-state index in [1.807, 2.05) is 12.1 Å². The van der Waals surface area contributed by atoms with E-state index in [1.54, 1.807) is 11.3 Å². The van der Waals surface area contributed by atoms with Crippen LogP contribution in [0.25, 0.3) is 10.2 Å². The van der Waals surface area contributed by atoms with Gasteiger partial charge in [-0.3, -0.25) is 0 Å². The molecule has 1 aromatic carbocycles. The van der Waals surface area contributed by atoms with Gasteiger partial charge in [-0.2, -0.15) is 0 Å². The lowest BCUT2D eigenvalue weighted by Gasteiger charge is -2.22. The normalized spacial score (nSPS) is 12.0. The van der Waals surface area contributed by atoms with Gasteiger partial charge in [0.15, 0.2) is 5.13 Å². The van der Waals surface area contributed by atoms with Crippen LogP contribution in [-0.2, 0) is 0 Å². The van der Waals surface area contributed by atoms with Gasteiger partial charge in [0.1, 0.15) is 0 Å². The summed E-state index contributed by atoms with van der Waals surface area (Å²) in [7, 11) is 0. The van der Waals surface area contributed by atoms with Crippen molar-refractivity contribution in [2.75, 3.05) is 11.9 Å². The van der Waals surface area contributed by atoms with Crippen LogP contribution in [0, 0.1) is 5.41 Å². The highest BCUT2D eigenvalue weighted by Crippen LogP contribution is 2.29. The molecule has 17 heavy (non-hydrogen) atoms. The van der Waals surface area contributed by atoms with Gasteiger partial charge in [0.25, 0.3) is 0 Å². The van der Waals surface area contributed by atoms with Crippen molar-refractivity contribution >= 4 is 42.6 Å². The molecule has 0 radical (unpaired) electrons. The van der Waals surface area contributed by atoms with Crippen molar-refractivity contribution in [3.63, 3.8) is 0 Å². The van der Waals surface area contributed by atoms with E-state index in [2.05, 4.69) is 53.1 Å². The Morgan fingerprint density at radius 2 is 2.18 bits per heavy atom. The Kier molecular flexibility index (Phi) is 3.73. The standard InChI is InChI=1S/C13H17BrN2S/c1-4-13(2,3)8-15-12-16-10-6-5-9(14)7-11(10)17-12/h5-7H,4,8H2,1-3H3,(H,15,16). The first kappa shape index (κ1) is 12.8. The van der Waals surface area contributed by atoms with E-state index < -0.39 is 0 Å². The summed E-state index contributed by atoms with van der Waals surface area (Å²) < 4.78 is 2.32. The SMILES string of the molecule is CCC(C)(C)CNc1nc2ccc(Br)cc2s1. The second-order valence-corrected chi connectivity index (χ2v) is 6.95. The van der Waals surface area contributed by atoms with E-state index in [4.69, 9.17) is 0 Å². The largest absolute Gasteiger partial charge is 0.361 e. The summed E-state index contributed by atoms with van der Waals surface area (Å²) in [5.41, 5.74) is 1.38. The fourth-order valence-corrected chi connectivity index (χ4v) is 2.83. The van der Waals surface area contributed by atoms with E-state index in [0.29, 0.717) is 5.41 Å². The highest BCUT2D eigenvalue weighted by atomic mass is 79.9. The average molecular weight is 313 g/mol. The predicted molar refractivity (Wildman–Crippen MR) is 79.9 cm³/mol. The van der Waals surface area contributed by atoms with Crippen molar-refractivity contribution in [1.82, 2.24) is 4.98 Å². The minimum absolute atomic E-state index is 0.318. The molecule has 0 fully saturated rings. The van der Waals surface area contributed by atoms with Gasteiger partial charge in [-0.1, -0.05) is 48.0 Å². The number of aromatic nitrogens is 1. The average Bonchev–Trinajstić information content (AvgIpc) is 2.68. The van der Waals surface area contributed by atoms with Crippen LogP contribution in [-0.4, -0.2) is 11.5 Å². The molecule has 0 atom stereocenters. The second kappa shape index (κ2) is 4.94. The number of nitrogens with one attached hydrogen (secondary N) is 1. The third-order valence-corrected chi connectivity index (χ3v) is 4.49. The first-order valence-electron chi connectivity index (χ1n) is 5.80. The third-order valence-electron chi connectivity index (χ3n) is 3.03. The Morgan fingerprint density at radius 1 is 1.41 bits per heavy atom. The van der Waals surface area contributed by atoms with Crippen LogP contribution >= 0.6 is 27.3 Å². The summed E-state index contributed by atoms with van der Waals surface area (Å²) in [5.74, 6) is 0. The third kappa shape index (κ3) is 3.19. The number of nitrogens with zero attached hydrogens (tertiary/aromatic N) is 1. The topological polar surface area (TPSA) is 24.9 Å². The molecule has 1 heterocycles. The molecule has 0 aliphatic carbocycles. The summed E-state index contributed by atoms with van der Waals surface area (Å²) in [5, 5.41) is 4.45. The number of halogens is 1. The van der Waals surface area contributed by atoms with Crippen molar-refractivity contribution in [3.8, 4) is 0 Å². The Labute approximate surface area is 115 Å². The zero-order chi connectivity index (χ0) is 12.5. The molecule has 0 spiro atoms. The maximum atomic E-state index is 4.58. The molecule has 0 aliphatic heterocycles. The Hall–Kier alpha value is -0.610. The van der Waals surface area contributed by atoms with Crippen LogP contribution in [0.1, 0.15) is 27.2 Å². The van der Waals surface area contributed by atoms with E-state index in [0.717, 1.165) is 28.1 Å². The van der Waals surface area contributed by atoms with Crippen molar-refractivity contribution < 1.29 is 0 Å². The molecule has 2 rings (SSSR count). The maximum absolute atomic E-state index is 4.58. The molecule has 0 saturated carbocycles. The highest BCUT2D eigenvalue weighted by molar-refractivity contribution is 9.10. The second-order valence-electron chi connectivity index (χ2n) is 5.00. The van der Waals surface area contributed by atoms with Gasteiger partial charge < -0.3 is 5.32 Å². The minimum atomic E-state index is 0.318. The van der Waals surface area contributed by atoms with Crippen molar-refractivity contribution in [3.05, 3.63) is 22.7 Å². The fraction of sp³-hybridized carbons (Fsp3) is 0.462. The van der Waals surface area contributed by atoms with E-state index in [9.17, 15) is 0 Å². The van der Waals surface area contributed by atoms with Crippen molar-refractivity contribution in [2.24, 2.45) is 5.41 Å². The van der Waals surface area contributed by atoms with Gasteiger partial charge in [-0.15, -0.1) is 0 Å². The molecule has 1 N–H and O–H groups in total. The Balaban J connectivity index is 2.15. The Bertz CT molecular complexity index is 519. The molecule has 1 aromatic heterocycles. The van der Waals surface area contributed by atoms with Crippen molar-refractivity contribution in [2.45, 2.75) is 27.2 Å². The van der Waals surface area contributed by atoms with Gasteiger partial charge in [-0.25, -0.2) is 4.98 Å². The molecule has 0 amide bonds. The summed E-state index contributed by atoms with van der Waals surface area (Å²) >= 11 is 5.19. The van der Waals surface area contributed by atoms with Gasteiger partial charge in [0.05, 0.1) is 10.2 Å². The van der Waals surface area contributed by atoms with Crippen LogP contribution in [0.4, 0.5) is 5.13 Å². The highest BCUT2D eigenvalue weighted by Gasteiger charge is 2.15. The van der Waals surface area contributed by atoms with Crippen LogP contribution in [0.5, 0.6) is 0 Å². The van der Waals surface area contributed by atoms with Crippen LogP contribution in [0.2, 0.25) is 0 Å². The molecule has 0 unspecified atom stereocenters. The van der Waals surface area contributed by atoms with Crippen molar-refractivity contribution in [1.29, 1.82) is 0 Å². The number of benzene rings is 1. The maximum Gasteiger partial charge on any atom is 0.183 e. The molecule has 0 saturated heterocycles. The summed E-state index contributed by atoms with van der Waals surface area (Å²) in [6.07, 6.45) is 1.16. The quantitative estimate of drug-likeness (QED) is 0.868. The van der Waals surface area contributed by atoms with E-state index in [1.165, 1.54) is 4.70 Å². The van der Waals surface area contributed by atoms with Gasteiger partial charge >= 0.3 is 0 Å². The number of anilines is 1. The predicted octanol–water partition coefficient (Wildman–Crippen LogP) is 4.91. The van der Waals surface area contributed by atoms with Crippen LogP contribution in [0.15, 0.2) is 22.7 Å². The van der Waals surface area contributed by atoms with E-state index >= 15 is 0 Å². The Morgan fingerprint density at radius 3 is 2.88 bits per heavy atom. The lowest BCUT2D eigenvalue weighted by molar-refractivity contribution is 0.377. The molecule has 92 valence electrons. The number of thiazole rings is 1. The number of rotatable bonds is 4. The number of fused-ring (bicyclic) bond motifs is 1. The lowest BCUT2D eigenvalue weighted by atomic mass is 9.90. The van der Waals surface area contributed by atoms with Crippen LogP contribution in [0.3, 0.4) is 0 Å². The van der Waals surface area contributed by atoms with Gasteiger partial charge in [-0.05, 0) is 30.0 Å². The molecule has 0 aliphatic rings. The van der Waals surface area contributed by atoms with Gasteiger partial charge in [0, 0.05) is 11.0 Å². The molecule has 2 nitrogen and oxygen atoms in total. The smallest absolute Gasteiger partial charge is 0.183 e. The zero-order valence-electron chi connectivity index (χ0n) is 10.4. The monoisotopic (exact) mass is 312 g/mol. The molecular formula is C13H17BrN2S. The first-order chi connectivity index (χ1) is 8.00. The molecule has 2 aromatic rings. The summed E-state index contributed by atoms with van der Waals surface area (Å²) in [6.45, 7) is 7.72. The summed E-state index contributed by atoms with van der Waals surface area (Å²) in [6, 6.07) is 6.19. The molecule has 0 bridgehead atoms. The number of hydrogen-bond acceptors (Lipinski definition) is 3. The number of hydrogen-bond donors (Lipinski definition) is 1. The summed E-state index contributed by atoms with van der Waals surface area (Å²) in [4.78, 5) is 4.58. The van der Waals surface area contributed by atoms with E-state index in [-0.39, 0.29) is 0 Å². The van der Waals surface area contributed by atoms with Crippen LogP contribution < -0.4 is 5.32 Å². The molecule has 4 heteroatoms. The lowest BCUT2D eigenvalue weighted by Crippen LogP contribution is -2.21. The molecular weight excluding hydrogens is 296 g/mol. The van der Waals surface area contributed by atoms with Gasteiger partial charge in [0.2, 0.25) is 0 Å². The minimum Gasteiger partial charge on any atom is -0.361 e.